The van der Waals surface area contributed by atoms with Crippen LogP contribution in [0.3, 0.4) is 0 Å². The van der Waals surface area contributed by atoms with Crippen molar-refractivity contribution in [1.29, 1.82) is 0 Å². The second-order valence-corrected chi connectivity index (χ2v) is 5.97. The lowest BCUT2D eigenvalue weighted by molar-refractivity contribution is -0.151. The number of carbonyl (C=O) groups is 2. The molecule has 2 heterocycles. The number of rotatable bonds is 3. The normalized spacial score (nSPS) is 23.1. The van der Waals surface area contributed by atoms with Crippen molar-refractivity contribution in [2.45, 2.75) is 19.4 Å². The molecule has 2 aliphatic heterocycles. The second-order valence-electron chi connectivity index (χ2n) is 5.97. The zero-order valence-corrected chi connectivity index (χ0v) is 12.1. The molecule has 2 N–H and O–H groups in total. The molecular weight excluding hydrogens is 268 g/mol. The Hall–Kier alpha value is -1.88. The molecule has 1 fully saturated rings. The van der Waals surface area contributed by atoms with Crippen LogP contribution in [0.1, 0.15) is 24.1 Å². The lowest BCUT2D eigenvalue weighted by Crippen LogP contribution is -2.56. The number of carboxylic acids is 1. The van der Waals surface area contributed by atoms with Crippen molar-refractivity contribution in [3.05, 3.63) is 35.4 Å². The fourth-order valence-corrected chi connectivity index (χ4v) is 3.12. The number of aliphatic carboxylic acids is 1. The van der Waals surface area contributed by atoms with Gasteiger partial charge in [0.1, 0.15) is 6.04 Å². The lowest BCUT2D eigenvalue weighted by atomic mass is 9.85. The quantitative estimate of drug-likeness (QED) is 0.872. The maximum absolute atomic E-state index is 12.6. The molecule has 0 aliphatic carbocycles. The van der Waals surface area contributed by atoms with Gasteiger partial charge in [0.05, 0.1) is 5.92 Å². The topological polar surface area (TPSA) is 69.6 Å². The first-order valence-corrected chi connectivity index (χ1v) is 7.40. The first-order chi connectivity index (χ1) is 10.1. The Kier molecular flexibility index (Phi) is 3.68. The van der Waals surface area contributed by atoms with Crippen molar-refractivity contribution in [2.75, 3.05) is 19.6 Å². The lowest BCUT2D eigenvalue weighted by Gasteiger charge is -2.43. The Morgan fingerprint density at radius 3 is 2.76 bits per heavy atom. The van der Waals surface area contributed by atoms with Crippen LogP contribution in [0.4, 0.5) is 0 Å². The molecule has 1 aromatic carbocycles. The highest BCUT2D eigenvalue weighted by Gasteiger charge is 2.40. The first kappa shape index (κ1) is 14.1. The smallest absolute Gasteiger partial charge is 0.306 e. The van der Waals surface area contributed by atoms with Crippen molar-refractivity contribution in [2.24, 2.45) is 11.8 Å². The zero-order chi connectivity index (χ0) is 15.0. The summed E-state index contributed by atoms with van der Waals surface area (Å²) in [6.45, 7) is 3.61. The highest BCUT2D eigenvalue weighted by atomic mass is 16.4. The van der Waals surface area contributed by atoms with Gasteiger partial charge in [-0.2, -0.15) is 0 Å². The second kappa shape index (κ2) is 5.48. The third-order valence-electron chi connectivity index (χ3n) is 4.67. The molecule has 0 spiro atoms. The van der Waals surface area contributed by atoms with Crippen LogP contribution < -0.4 is 5.32 Å². The van der Waals surface area contributed by atoms with E-state index in [0.29, 0.717) is 13.1 Å². The molecule has 1 saturated heterocycles. The fourth-order valence-electron chi connectivity index (χ4n) is 3.12. The summed E-state index contributed by atoms with van der Waals surface area (Å²) in [4.78, 5) is 25.3. The highest BCUT2D eigenvalue weighted by molar-refractivity contribution is 5.85. The predicted octanol–water partition coefficient (Wildman–Crippen LogP) is 1.05. The van der Waals surface area contributed by atoms with Gasteiger partial charge in [-0.15, -0.1) is 0 Å². The Labute approximate surface area is 123 Å². The molecule has 112 valence electrons. The van der Waals surface area contributed by atoms with Crippen molar-refractivity contribution < 1.29 is 14.7 Å². The molecular formula is C16H20N2O3. The maximum Gasteiger partial charge on any atom is 0.306 e. The fraction of sp³-hybridized carbons (Fsp3) is 0.500. The van der Waals surface area contributed by atoms with Crippen LogP contribution in [-0.2, 0) is 16.0 Å². The minimum absolute atomic E-state index is 0.0657. The maximum atomic E-state index is 12.6. The van der Waals surface area contributed by atoms with Gasteiger partial charge >= 0.3 is 5.97 Å². The molecule has 3 rings (SSSR count). The van der Waals surface area contributed by atoms with Crippen LogP contribution in [0.25, 0.3) is 0 Å². The summed E-state index contributed by atoms with van der Waals surface area (Å²) in [5.74, 6) is -1.03. The van der Waals surface area contributed by atoms with Crippen LogP contribution >= 0.6 is 0 Å². The average molecular weight is 288 g/mol. The van der Waals surface area contributed by atoms with Crippen LogP contribution in [0.15, 0.2) is 24.3 Å². The first-order valence-electron chi connectivity index (χ1n) is 7.40. The average Bonchev–Trinajstić information content (AvgIpc) is 2.44. The van der Waals surface area contributed by atoms with E-state index in [2.05, 4.69) is 11.4 Å². The predicted molar refractivity (Wildman–Crippen MR) is 77.8 cm³/mol. The van der Waals surface area contributed by atoms with Crippen molar-refractivity contribution in [1.82, 2.24) is 10.2 Å². The molecule has 0 radical (unpaired) electrons. The standard InChI is InChI=1S/C16H20N2O3/c1-10(16(20)21)12-8-18(9-12)15(19)14-13-5-3-2-4-11(13)6-7-17-14/h2-5,10,12,14,17H,6-9H2,1H3,(H,20,21). The van der Waals surface area contributed by atoms with Crippen molar-refractivity contribution >= 4 is 11.9 Å². The highest BCUT2D eigenvalue weighted by Crippen LogP contribution is 2.30. The third-order valence-corrected chi connectivity index (χ3v) is 4.67. The monoisotopic (exact) mass is 288 g/mol. The van der Waals surface area contributed by atoms with E-state index < -0.39 is 5.97 Å². The van der Waals surface area contributed by atoms with Crippen molar-refractivity contribution in [3.63, 3.8) is 0 Å². The number of benzene rings is 1. The van der Waals surface area contributed by atoms with E-state index in [1.807, 2.05) is 18.2 Å². The van der Waals surface area contributed by atoms with E-state index in [-0.39, 0.29) is 23.8 Å². The number of amides is 1. The summed E-state index contributed by atoms with van der Waals surface area (Å²) in [5, 5.41) is 12.3. The Morgan fingerprint density at radius 1 is 1.33 bits per heavy atom. The van der Waals surface area contributed by atoms with E-state index in [9.17, 15) is 9.59 Å². The van der Waals surface area contributed by atoms with Crippen LogP contribution in [0, 0.1) is 11.8 Å². The molecule has 1 aromatic rings. The van der Waals surface area contributed by atoms with Gasteiger partial charge in [-0.25, -0.2) is 0 Å². The minimum atomic E-state index is -0.784. The summed E-state index contributed by atoms with van der Waals surface area (Å²) in [7, 11) is 0. The van der Waals surface area contributed by atoms with Gasteiger partial charge in [0, 0.05) is 25.6 Å². The number of hydrogen-bond donors (Lipinski definition) is 2. The molecule has 2 atom stereocenters. The molecule has 1 amide bonds. The number of carbonyl (C=O) groups excluding carboxylic acids is 1. The molecule has 0 saturated carbocycles. The van der Waals surface area contributed by atoms with Gasteiger partial charge in [-0.1, -0.05) is 31.2 Å². The number of nitrogens with one attached hydrogen (secondary N) is 1. The Bertz CT molecular complexity index is 566. The Balaban J connectivity index is 1.67. The summed E-state index contributed by atoms with van der Waals surface area (Å²) >= 11 is 0. The van der Waals surface area contributed by atoms with E-state index in [4.69, 9.17) is 5.11 Å². The third kappa shape index (κ3) is 2.53. The van der Waals surface area contributed by atoms with Gasteiger partial charge in [-0.3, -0.25) is 9.59 Å². The van der Waals surface area contributed by atoms with E-state index in [1.54, 1.807) is 11.8 Å². The Morgan fingerprint density at radius 2 is 2.05 bits per heavy atom. The number of carboxylic acid groups (broad SMARTS) is 1. The molecule has 2 aliphatic rings. The molecule has 2 unspecified atom stereocenters. The largest absolute Gasteiger partial charge is 0.481 e. The molecule has 5 heteroatoms. The summed E-state index contributed by atoms with van der Waals surface area (Å²) < 4.78 is 0. The van der Waals surface area contributed by atoms with Gasteiger partial charge in [0.15, 0.2) is 0 Å². The molecule has 21 heavy (non-hydrogen) atoms. The van der Waals surface area contributed by atoms with Gasteiger partial charge in [0.2, 0.25) is 5.91 Å². The van der Waals surface area contributed by atoms with E-state index in [1.165, 1.54) is 5.56 Å². The van der Waals surface area contributed by atoms with E-state index >= 15 is 0 Å². The number of fused-ring (bicyclic) bond motifs is 1. The van der Waals surface area contributed by atoms with Crippen LogP contribution in [-0.4, -0.2) is 41.5 Å². The number of hydrogen-bond acceptors (Lipinski definition) is 3. The SMILES string of the molecule is CC(C(=O)O)C1CN(C(=O)C2NCCc3ccccc32)C1. The van der Waals surface area contributed by atoms with Gasteiger partial charge < -0.3 is 15.3 Å². The van der Waals surface area contributed by atoms with Crippen LogP contribution in [0.2, 0.25) is 0 Å². The molecule has 0 aromatic heterocycles. The summed E-state index contributed by atoms with van der Waals surface area (Å²) in [6.07, 6.45) is 0.943. The summed E-state index contributed by atoms with van der Waals surface area (Å²) in [5.41, 5.74) is 2.29. The summed E-state index contributed by atoms with van der Waals surface area (Å²) in [6, 6.07) is 7.75. The van der Waals surface area contributed by atoms with Gasteiger partial charge in [0.25, 0.3) is 0 Å². The van der Waals surface area contributed by atoms with Crippen molar-refractivity contribution in [3.8, 4) is 0 Å². The molecule has 5 nitrogen and oxygen atoms in total. The zero-order valence-electron chi connectivity index (χ0n) is 12.1. The molecule has 0 bridgehead atoms. The van der Waals surface area contributed by atoms with Crippen LogP contribution in [0.5, 0.6) is 0 Å². The minimum Gasteiger partial charge on any atom is -0.481 e. The number of likely N-dealkylation sites (tertiary alicyclic amines) is 1. The van der Waals surface area contributed by atoms with Gasteiger partial charge in [-0.05, 0) is 17.5 Å². The number of nitrogens with zero attached hydrogens (tertiary/aromatic N) is 1. The van der Waals surface area contributed by atoms with E-state index in [0.717, 1.165) is 18.5 Å².